The summed E-state index contributed by atoms with van der Waals surface area (Å²) in [6.45, 7) is 2.41. The average molecular weight is 372 g/mol. The van der Waals surface area contributed by atoms with Crippen molar-refractivity contribution < 1.29 is 18.7 Å². The van der Waals surface area contributed by atoms with Gasteiger partial charge in [0.25, 0.3) is 5.91 Å². The van der Waals surface area contributed by atoms with Crippen LogP contribution in [-0.4, -0.2) is 24.8 Å². The number of carbonyl (C=O) groups is 1. The molecule has 2 aromatic rings. The molecule has 1 saturated heterocycles. The number of ether oxygens (including phenoxy) is 2. The molecule has 1 heterocycles. The van der Waals surface area contributed by atoms with Crippen LogP contribution in [0.2, 0.25) is 0 Å². The second kappa shape index (κ2) is 8.05. The van der Waals surface area contributed by atoms with Gasteiger partial charge in [0.15, 0.2) is 16.7 Å². The van der Waals surface area contributed by atoms with Gasteiger partial charge in [-0.1, -0.05) is 12.1 Å². The first-order chi connectivity index (χ1) is 12.6. The van der Waals surface area contributed by atoms with E-state index in [9.17, 15) is 9.18 Å². The summed E-state index contributed by atoms with van der Waals surface area (Å²) >= 11 is 1.21. The van der Waals surface area contributed by atoms with Crippen molar-refractivity contribution in [2.45, 2.75) is 6.92 Å². The van der Waals surface area contributed by atoms with Crippen molar-refractivity contribution in [1.82, 2.24) is 5.32 Å². The topological polar surface area (TPSA) is 59.9 Å². The summed E-state index contributed by atoms with van der Waals surface area (Å²) in [7, 11) is 1.56. The lowest BCUT2D eigenvalue weighted by molar-refractivity contribution is -0.115. The Bertz CT molecular complexity index is 879. The van der Waals surface area contributed by atoms with Crippen molar-refractivity contribution in [2.24, 2.45) is 4.99 Å². The Hall–Kier alpha value is -2.80. The van der Waals surface area contributed by atoms with E-state index in [-0.39, 0.29) is 11.7 Å². The zero-order valence-corrected chi connectivity index (χ0v) is 15.1. The fraction of sp³-hybridized carbons (Fsp3) is 0.158. The van der Waals surface area contributed by atoms with E-state index in [0.29, 0.717) is 33.9 Å². The molecule has 1 N–H and O–H groups in total. The Labute approximate surface area is 154 Å². The molecular formula is C19H17FN2O3S. The number of carbonyl (C=O) groups excluding carboxylic acids is 1. The summed E-state index contributed by atoms with van der Waals surface area (Å²) in [5.74, 6) is 0.603. The molecule has 0 saturated carbocycles. The Morgan fingerprint density at radius 1 is 1.23 bits per heavy atom. The fourth-order valence-corrected chi connectivity index (χ4v) is 3.22. The van der Waals surface area contributed by atoms with Crippen LogP contribution in [0.3, 0.4) is 0 Å². The second-order valence-electron chi connectivity index (χ2n) is 5.27. The van der Waals surface area contributed by atoms with Crippen LogP contribution < -0.4 is 14.8 Å². The molecule has 134 valence electrons. The van der Waals surface area contributed by atoms with Gasteiger partial charge in [-0.25, -0.2) is 9.38 Å². The standard InChI is InChI=1S/C19H17FN2O3S/c1-3-25-15-6-4-5-12(17(15)24-2)11-16-18(23)22-19(26-16)21-14-9-7-13(20)8-10-14/h4-11H,3H2,1-2H3,(H,21,22,23)/b16-11+. The number of thioether (sulfide) groups is 1. The Morgan fingerprint density at radius 2 is 2.00 bits per heavy atom. The summed E-state index contributed by atoms with van der Waals surface area (Å²) < 4.78 is 24.0. The van der Waals surface area contributed by atoms with E-state index in [1.165, 1.54) is 23.9 Å². The van der Waals surface area contributed by atoms with Crippen molar-refractivity contribution in [2.75, 3.05) is 13.7 Å². The van der Waals surface area contributed by atoms with Crippen molar-refractivity contribution in [1.29, 1.82) is 0 Å². The van der Waals surface area contributed by atoms with Gasteiger partial charge in [-0.3, -0.25) is 4.79 Å². The van der Waals surface area contributed by atoms with Gasteiger partial charge in [0.1, 0.15) is 5.82 Å². The predicted molar refractivity (Wildman–Crippen MR) is 101 cm³/mol. The van der Waals surface area contributed by atoms with Crippen LogP contribution in [0.5, 0.6) is 11.5 Å². The highest BCUT2D eigenvalue weighted by molar-refractivity contribution is 8.18. The molecule has 0 spiro atoms. The predicted octanol–water partition coefficient (Wildman–Crippen LogP) is 4.12. The van der Waals surface area contributed by atoms with Gasteiger partial charge in [0.2, 0.25) is 0 Å². The number of amidine groups is 1. The van der Waals surface area contributed by atoms with E-state index in [1.54, 1.807) is 25.3 Å². The lowest BCUT2D eigenvalue weighted by Crippen LogP contribution is -2.19. The van der Waals surface area contributed by atoms with Gasteiger partial charge in [-0.15, -0.1) is 0 Å². The fourth-order valence-electron chi connectivity index (χ4n) is 2.39. The van der Waals surface area contributed by atoms with Crippen LogP contribution in [-0.2, 0) is 4.79 Å². The van der Waals surface area contributed by atoms with E-state index >= 15 is 0 Å². The van der Waals surface area contributed by atoms with Gasteiger partial charge < -0.3 is 14.8 Å². The van der Waals surface area contributed by atoms with Crippen LogP contribution >= 0.6 is 11.8 Å². The van der Waals surface area contributed by atoms with Crippen LogP contribution in [0.15, 0.2) is 52.4 Å². The molecule has 1 aliphatic heterocycles. The van der Waals surface area contributed by atoms with Gasteiger partial charge >= 0.3 is 0 Å². The molecule has 1 fully saturated rings. The third kappa shape index (κ3) is 4.05. The first-order valence-corrected chi connectivity index (χ1v) is 8.77. The molecule has 2 aromatic carbocycles. The minimum Gasteiger partial charge on any atom is -0.492 e. The molecule has 0 bridgehead atoms. The van der Waals surface area contributed by atoms with Crippen molar-refractivity contribution >= 4 is 34.6 Å². The lowest BCUT2D eigenvalue weighted by Gasteiger charge is -2.11. The highest BCUT2D eigenvalue weighted by Gasteiger charge is 2.24. The third-order valence-corrected chi connectivity index (χ3v) is 4.42. The molecule has 5 nitrogen and oxygen atoms in total. The highest BCUT2D eigenvalue weighted by Crippen LogP contribution is 2.35. The van der Waals surface area contributed by atoms with Crippen LogP contribution in [0, 0.1) is 5.82 Å². The first-order valence-electron chi connectivity index (χ1n) is 7.95. The number of amides is 1. The molecule has 0 aromatic heterocycles. The molecular weight excluding hydrogens is 355 g/mol. The number of hydrogen-bond donors (Lipinski definition) is 1. The average Bonchev–Trinajstić information content (AvgIpc) is 2.97. The number of aliphatic imine (C=N–C) groups is 1. The number of hydrogen-bond acceptors (Lipinski definition) is 5. The lowest BCUT2D eigenvalue weighted by atomic mass is 10.1. The number of nitrogens with zero attached hydrogens (tertiary/aromatic N) is 1. The Morgan fingerprint density at radius 3 is 2.69 bits per heavy atom. The molecule has 26 heavy (non-hydrogen) atoms. The molecule has 3 rings (SSSR count). The summed E-state index contributed by atoms with van der Waals surface area (Å²) in [6, 6.07) is 11.2. The quantitative estimate of drug-likeness (QED) is 0.802. The number of rotatable bonds is 5. The summed E-state index contributed by atoms with van der Waals surface area (Å²) in [5.41, 5.74) is 1.30. The monoisotopic (exact) mass is 372 g/mol. The molecule has 0 radical (unpaired) electrons. The van der Waals surface area contributed by atoms with E-state index in [1.807, 2.05) is 25.1 Å². The maximum atomic E-state index is 13.0. The maximum Gasteiger partial charge on any atom is 0.264 e. The normalized spacial score (nSPS) is 16.8. The molecule has 7 heteroatoms. The van der Waals surface area contributed by atoms with Gasteiger partial charge in [-0.05, 0) is 55.1 Å². The van der Waals surface area contributed by atoms with Crippen LogP contribution in [0.4, 0.5) is 10.1 Å². The van der Waals surface area contributed by atoms with E-state index < -0.39 is 0 Å². The second-order valence-corrected chi connectivity index (χ2v) is 6.30. The van der Waals surface area contributed by atoms with Crippen LogP contribution in [0.1, 0.15) is 12.5 Å². The van der Waals surface area contributed by atoms with Gasteiger partial charge in [0, 0.05) is 5.56 Å². The summed E-state index contributed by atoms with van der Waals surface area (Å²) in [4.78, 5) is 17.0. The van der Waals surface area contributed by atoms with Crippen molar-refractivity contribution in [3.8, 4) is 11.5 Å². The number of halogens is 1. The van der Waals surface area contributed by atoms with E-state index in [4.69, 9.17) is 9.47 Å². The minimum atomic E-state index is -0.334. The maximum absolute atomic E-state index is 13.0. The van der Waals surface area contributed by atoms with Gasteiger partial charge in [0.05, 0.1) is 24.3 Å². The summed E-state index contributed by atoms with van der Waals surface area (Å²) in [6.07, 6.45) is 1.73. The Balaban J connectivity index is 1.87. The first kappa shape index (κ1) is 18.0. The molecule has 0 atom stereocenters. The van der Waals surface area contributed by atoms with E-state index in [2.05, 4.69) is 10.3 Å². The SMILES string of the molecule is CCOc1cccc(/C=C2/SC(=Nc3ccc(F)cc3)NC2=O)c1OC. The van der Waals surface area contributed by atoms with E-state index in [0.717, 1.165) is 5.56 Å². The third-order valence-electron chi connectivity index (χ3n) is 3.51. The Kier molecular flexibility index (Phi) is 5.58. The number of benzene rings is 2. The molecule has 0 aliphatic carbocycles. The molecule has 0 unspecified atom stereocenters. The summed E-state index contributed by atoms with van der Waals surface area (Å²) in [5, 5.41) is 3.14. The van der Waals surface area contributed by atoms with Gasteiger partial charge in [-0.2, -0.15) is 0 Å². The van der Waals surface area contributed by atoms with Crippen molar-refractivity contribution in [3.05, 3.63) is 58.8 Å². The van der Waals surface area contributed by atoms with Crippen LogP contribution in [0.25, 0.3) is 6.08 Å². The zero-order chi connectivity index (χ0) is 18.5. The molecule has 1 amide bonds. The highest BCUT2D eigenvalue weighted by atomic mass is 32.2. The smallest absolute Gasteiger partial charge is 0.264 e. The molecule has 1 aliphatic rings. The number of para-hydroxylation sites is 1. The minimum absolute atomic E-state index is 0.250. The zero-order valence-electron chi connectivity index (χ0n) is 14.3. The number of nitrogens with one attached hydrogen (secondary N) is 1. The number of methoxy groups -OCH3 is 1. The van der Waals surface area contributed by atoms with Crippen molar-refractivity contribution in [3.63, 3.8) is 0 Å². The largest absolute Gasteiger partial charge is 0.492 e.